The van der Waals surface area contributed by atoms with Crippen LogP contribution in [-0.2, 0) is 10.0 Å². The SMILES string of the molecule is Cc1nc(S(=O)(=O)N2C[C@@H](N)[C@H](c3ccccc3)C2)sc1C.Cl. The van der Waals surface area contributed by atoms with Crippen LogP contribution in [0.15, 0.2) is 34.7 Å². The molecule has 1 aliphatic rings. The minimum Gasteiger partial charge on any atom is -0.326 e. The Labute approximate surface area is 147 Å². The second-order valence-electron chi connectivity index (χ2n) is 5.62. The van der Waals surface area contributed by atoms with Gasteiger partial charge in [0, 0.05) is 29.9 Å². The summed E-state index contributed by atoms with van der Waals surface area (Å²) in [7, 11) is -3.55. The summed E-state index contributed by atoms with van der Waals surface area (Å²) in [6.07, 6.45) is 0. The van der Waals surface area contributed by atoms with Crippen molar-refractivity contribution in [3.8, 4) is 0 Å². The summed E-state index contributed by atoms with van der Waals surface area (Å²) < 4.78 is 27.1. The smallest absolute Gasteiger partial charge is 0.270 e. The van der Waals surface area contributed by atoms with E-state index in [-0.39, 0.29) is 28.7 Å². The number of halogens is 1. The van der Waals surface area contributed by atoms with Crippen molar-refractivity contribution in [3.05, 3.63) is 46.5 Å². The van der Waals surface area contributed by atoms with Crippen LogP contribution in [-0.4, -0.2) is 36.8 Å². The lowest BCUT2D eigenvalue weighted by Crippen LogP contribution is -2.32. The molecule has 23 heavy (non-hydrogen) atoms. The van der Waals surface area contributed by atoms with E-state index in [0.717, 1.165) is 16.1 Å². The highest BCUT2D eigenvalue weighted by Gasteiger charge is 2.39. The number of hydrogen-bond acceptors (Lipinski definition) is 5. The molecule has 1 aromatic carbocycles. The molecule has 0 unspecified atom stereocenters. The fourth-order valence-electron chi connectivity index (χ4n) is 2.70. The minimum absolute atomic E-state index is 0. The first-order chi connectivity index (χ1) is 10.4. The minimum atomic E-state index is -3.55. The van der Waals surface area contributed by atoms with Crippen molar-refractivity contribution in [1.29, 1.82) is 0 Å². The predicted molar refractivity (Wildman–Crippen MR) is 94.8 cm³/mol. The molecule has 8 heteroatoms. The lowest BCUT2D eigenvalue weighted by Gasteiger charge is -2.15. The number of aromatic nitrogens is 1. The lowest BCUT2D eigenvalue weighted by atomic mass is 9.95. The zero-order valence-electron chi connectivity index (χ0n) is 13.0. The number of benzene rings is 1. The van der Waals surface area contributed by atoms with E-state index in [2.05, 4.69) is 4.98 Å². The largest absolute Gasteiger partial charge is 0.326 e. The fourth-order valence-corrected chi connectivity index (χ4v) is 5.65. The first kappa shape index (κ1) is 18.4. The van der Waals surface area contributed by atoms with Crippen LogP contribution in [0, 0.1) is 13.8 Å². The highest BCUT2D eigenvalue weighted by Crippen LogP contribution is 2.32. The Morgan fingerprint density at radius 3 is 2.43 bits per heavy atom. The molecule has 0 aliphatic carbocycles. The van der Waals surface area contributed by atoms with Crippen molar-refractivity contribution in [1.82, 2.24) is 9.29 Å². The highest BCUT2D eigenvalue weighted by molar-refractivity contribution is 7.91. The third kappa shape index (κ3) is 3.44. The summed E-state index contributed by atoms with van der Waals surface area (Å²) >= 11 is 1.22. The topological polar surface area (TPSA) is 76.3 Å². The highest BCUT2D eigenvalue weighted by atomic mass is 35.5. The van der Waals surface area contributed by atoms with Crippen LogP contribution in [0.25, 0.3) is 0 Å². The molecule has 2 N–H and O–H groups in total. The van der Waals surface area contributed by atoms with E-state index in [1.54, 1.807) is 0 Å². The maximum absolute atomic E-state index is 12.7. The normalized spacial score (nSPS) is 22.0. The molecule has 1 aromatic heterocycles. The maximum atomic E-state index is 12.7. The van der Waals surface area contributed by atoms with Gasteiger partial charge in [-0.25, -0.2) is 13.4 Å². The van der Waals surface area contributed by atoms with Gasteiger partial charge in [0.15, 0.2) is 0 Å². The molecule has 2 heterocycles. The van der Waals surface area contributed by atoms with Gasteiger partial charge >= 0.3 is 0 Å². The maximum Gasteiger partial charge on any atom is 0.270 e. The number of thiazole rings is 1. The van der Waals surface area contributed by atoms with E-state index in [4.69, 9.17) is 5.73 Å². The zero-order valence-corrected chi connectivity index (χ0v) is 15.4. The number of aryl methyl sites for hydroxylation is 2. The fraction of sp³-hybridized carbons (Fsp3) is 0.400. The van der Waals surface area contributed by atoms with Gasteiger partial charge in [-0.1, -0.05) is 30.3 Å². The van der Waals surface area contributed by atoms with Crippen molar-refractivity contribution >= 4 is 33.8 Å². The van der Waals surface area contributed by atoms with Crippen molar-refractivity contribution in [3.63, 3.8) is 0 Å². The van der Waals surface area contributed by atoms with Crippen molar-refractivity contribution in [2.75, 3.05) is 13.1 Å². The van der Waals surface area contributed by atoms with Gasteiger partial charge in [-0.05, 0) is 19.4 Å². The molecule has 1 saturated heterocycles. The van der Waals surface area contributed by atoms with Gasteiger partial charge < -0.3 is 5.73 Å². The third-order valence-electron chi connectivity index (χ3n) is 4.13. The number of hydrogen-bond donors (Lipinski definition) is 1. The summed E-state index contributed by atoms with van der Waals surface area (Å²) in [5.74, 6) is 0.0260. The second kappa shape index (κ2) is 6.86. The van der Waals surface area contributed by atoms with Crippen LogP contribution in [0.3, 0.4) is 0 Å². The van der Waals surface area contributed by atoms with E-state index in [1.807, 2.05) is 44.2 Å². The molecule has 0 bridgehead atoms. The van der Waals surface area contributed by atoms with E-state index < -0.39 is 10.0 Å². The Morgan fingerprint density at radius 1 is 1.22 bits per heavy atom. The van der Waals surface area contributed by atoms with Crippen LogP contribution in [0.2, 0.25) is 0 Å². The Kier molecular flexibility index (Phi) is 5.48. The monoisotopic (exact) mass is 373 g/mol. The molecule has 0 radical (unpaired) electrons. The molecule has 126 valence electrons. The molecule has 0 amide bonds. The molecular formula is C15H20ClN3O2S2. The van der Waals surface area contributed by atoms with E-state index >= 15 is 0 Å². The number of nitrogens with zero attached hydrogens (tertiary/aromatic N) is 2. The van der Waals surface area contributed by atoms with Gasteiger partial charge in [0.25, 0.3) is 10.0 Å². The quantitative estimate of drug-likeness (QED) is 0.895. The van der Waals surface area contributed by atoms with Gasteiger partial charge in [-0.2, -0.15) is 4.31 Å². The van der Waals surface area contributed by atoms with Crippen LogP contribution < -0.4 is 5.73 Å². The standard InChI is InChI=1S/C15H19N3O2S2.ClH/c1-10-11(2)21-15(17-10)22(19,20)18-8-13(14(16)9-18)12-6-4-3-5-7-12;/h3-7,13-14H,8-9,16H2,1-2H3;1H/t13-,14+;/m0./s1. The molecule has 1 fully saturated rings. The summed E-state index contributed by atoms with van der Waals surface area (Å²) in [5, 5.41) is 0. The average molecular weight is 374 g/mol. The van der Waals surface area contributed by atoms with Gasteiger partial charge in [0.1, 0.15) is 0 Å². The summed E-state index contributed by atoms with van der Waals surface area (Å²) in [6.45, 7) is 4.45. The number of rotatable bonds is 3. The molecule has 3 rings (SSSR count). The Bertz CT molecular complexity index is 758. The molecule has 0 spiro atoms. The Balaban J connectivity index is 0.00000192. The summed E-state index contributed by atoms with van der Waals surface area (Å²) in [5.41, 5.74) is 8.04. The molecule has 2 aromatic rings. The van der Waals surface area contributed by atoms with Gasteiger partial charge in [0.2, 0.25) is 4.34 Å². The van der Waals surface area contributed by atoms with Gasteiger partial charge in [-0.3, -0.25) is 0 Å². The Morgan fingerprint density at radius 2 is 1.87 bits per heavy atom. The molecule has 5 nitrogen and oxygen atoms in total. The van der Waals surface area contributed by atoms with Crippen LogP contribution in [0.1, 0.15) is 22.1 Å². The van der Waals surface area contributed by atoms with E-state index in [9.17, 15) is 8.42 Å². The molecule has 0 saturated carbocycles. The zero-order chi connectivity index (χ0) is 15.9. The van der Waals surface area contributed by atoms with Gasteiger partial charge in [-0.15, -0.1) is 23.7 Å². The summed E-state index contributed by atoms with van der Waals surface area (Å²) in [6, 6.07) is 9.65. The first-order valence-electron chi connectivity index (χ1n) is 7.14. The third-order valence-corrected chi connectivity index (χ3v) is 7.39. The summed E-state index contributed by atoms with van der Waals surface area (Å²) in [4.78, 5) is 5.13. The number of sulfonamides is 1. The average Bonchev–Trinajstić information content (AvgIpc) is 3.04. The van der Waals surface area contributed by atoms with Crippen molar-refractivity contribution in [2.45, 2.75) is 30.1 Å². The predicted octanol–water partition coefficient (Wildman–Crippen LogP) is 2.30. The van der Waals surface area contributed by atoms with Crippen LogP contribution >= 0.6 is 23.7 Å². The van der Waals surface area contributed by atoms with E-state index in [0.29, 0.717) is 13.1 Å². The second-order valence-corrected chi connectivity index (χ2v) is 8.94. The van der Waals surface area contributed by atoms with Crippen molar-refractivity contribution in [2.24, 2.45) is 5.73 Å². The first-order valence-corrected chi connectivity index (χ1v) is 9.40. The molecular weight excluding hydrogens is 354 g/mol. The molecule has 2 atom stereocenters. The molecule has 1 aliphatic heterocycles. The van der Waals surface area contributed by atoms with Crippen molar-refractivity contribution < 1.29 is 8.42 Å². The van der Waals surface area contributed by atoms with Crippen LogP contribution in [0.5, 0.6) is 0 Å². The van der Waals surface area contributed by atoms with E-state index in [1.165, 1.54) is 15.6 Å². The number of nitrogens with two attached hydrogens (primary N) is 1. The Hall–Kier alpha value is -0.990. The lowest BCUT2D eigenvalue weighted by molar-refractivity contribution is 0.469. The van der Waals surface area contributed by atoms with Crippen LogP contribution in [0.4, 0.5) is 0 Å². The van der Waals surface area contributed by atoms with Gasteiger partial charge in [0.05, 0.1) is 5.69 Å².